The fourth-order valence-corrected chi connectivity index (χ4v) is 5.07. The lowest BCUT2D eigenvalue weighted by Crippen LogP contribution is -2.52. The average Bonchev–Trinajstić information content (AvgIpc) is 2.97. The van der Waals surface area contributed by atoms with Gasteiger partial charge in [0, 0.05) is 50.2 Å². The lowest BCUT2D eigenvalue weighted by atomic mass is 9.94. The summed E-state index contributed by atoms with van der Waals surface area (Å²) in [6.45, 7) is 4.93. The normalized spacial score (nSPS) is 18.5. The first-order valence-corrected chi connectivity index (χ1v) is 11.3. The summed E-state index contributed by atoms with van der Waals surface area (Å²) in [7, 11) is 0. The van der Waals surface area contributed by atoms with Crippen molar-refractivity contribution in [3.05, 3.63) is 99.8 Å². The third-order valence-corrected chi connectivity index (χ3v) is 6.71. The fraction of sp³-hybridized carbons (Fsp3) is 0.346. The number of piperazine rings is 1. The van der Waals surface area contributed by atoms with E-state index >= 15 is 0 Å². The molecule has 1 atom stereocenters. The Kier molecular flexibility index (Phi) is 5.62. The van der Waals surface area contributed by atoms with Gasteiger partial charge in [0.15, 0.2) is 6.20 Å². The molecule has 0 N–H and O–H groups in total. The summed E-state index contributed by atoms with van der Waals surface area (Å²) in [4.78, 5) is 21.2. The Morgan fingerprint density at radius 2 is 1.91 bits per heavy atom. The monoisotopic (exact) mass is 428 g/mol. The minimum atomic E-state index is -0.0858. The average molecular weight is 429 g/mol. The second kappa shape index (κ2) is 8.71. The number of rotatable bonds is 3. The van der Waals surface area contributed by atoms with Crippen LogP contribution in [0.5, 0.6) is 0 Å². The molecule has 3 heterocycles. The highest BCUT2D eigenvalue weighted by atomic mass is 16.5. The predicted octanol–water partition coefficient (Wildman–Crippen LogP) is 2.60. The Labute approximate surface area is 188 Å². The standard InChI is InChI=1S/C26H28N4O2/c1-19-6-9-23-22(16-19)8-7-21-5-3-11-30(32)25(21)26(23)29-14-12-28(13-15-29)24(31)17-20-4-2-10-27-18-20/h2-6,9-11,16,18,26H,7-8,12-15,17H2,1H3. The van der Waals surface area contributed by atoms with Crippen LogP contribution in [0.4, 0.5) is 0 Å². The van der Waals surface area contributed by atoms with E-state index < -0.39 is 0 Å². The Morgan fingerprint density at radius 3 is 2.69 bits per heavy atom. The second-order valence-corrected chi connectivity index (χ2v) is 8.80. The van der Waals surface area contributed by atoms with Crippen LogP contribution in [-0.4, -0.2) is 46.9 Å². The highest BCUT2D eigenvalue weighted by Crippen LogP contribution is 2.36. The fourth-order valence-electron chi connectivity index (χ4n) is 5.07. The number of carbonyl (C=O) groups is 1. The van der Waals surface area contributed by atoms with Gasteiger partial charge in [0.25, 0.3) is 0 Å². The van der Waals surface area contributed by atoms with Crippen LogP contribution >= 0.6 is 0 Å². The third kappa shape index (κ3) is 3.98. The molecule has 0 bridgehead atoms. The van der Waals surface area contributed by atoms with Gasteiger partial charge in [-0.1, -0.05) is 29.8 Å². The number of aromatic nitrogens is 2. The van der Waals surface area contributed by atoms with Gasteiger partial charge in [-0.2, -0.15) is 4.73 Å². The number of hydrogen-bond donors (Lipinski definition) is 0. The summed E-state index contributed by atoms with van der Waals surface area (Å²) < 4.78 is 1.05. The Morgan fingerprint density at radius 1 is 1.09 bits per heavy atom. The molecule has 5 rings (SSSR count). The number of fused-ring (bicyclic) bond motifs is 2. The maximum Gasteiger partial charge on any atom is 0.227 e. The van der Waals surface area contributed by atoms with Gasteiger partial charge in [0.2, 0.25) is 11.6 Å². The highest BCUT2D eigenvalue weighted by molar-refractivity contribution is 5.78. The first-order chi connectivity index (χ1) is 15.6. The van der Waals surface area contributed by atoms with Crippen LogP contribution in [0.2, 0.25) is 0 Å². The molecule has 1 aromatic carbocycles. The van der Waals surface area contributed by atoms with Crippen molar-refractivity contribution in [3.63, 3.8) is 0 Å². The topological polar surface area (TPSA) is 63.4 Å². The van der Waals surface area contributed by atoms with Crippen molar-refractivity contribution in [1.29, 1.82) is 0 Å². The Bertz CT molecular complexity index is 1120. The molecule has 2 aromatic heterocycles. The zero-order valence-corrected chi connectivity index (χ0v) is 18.4. The molecule has 32 heavy (non-hydrogen) atoms. The minimum Gasteiger partial charge on any atom is -0.618 e. The van der Waals surface area contributed by atoms with Crippen molar-refractivity contribution in [3.8, 4) is 0 Å². The van der Waals surface area contributed by atoms with Crippen LogP contribution in [0.1, 0.15) is 39.6 Å². The van der Waals surface area contributed by atoms with Crippen molar-refractivity contribution in [2.75, 3.05) is 26.2 Å². The van der Waals surface area contributed by atoms with Gasteiger partial charge in [-0.05, 0) is 48.6 Å². The number of nitrogens with zero attached hydrogens (tertiary/aromatic N) is 4. The molecule has 1 unspecified atom stereocenters. The van der Waals surface area contributed by atoms with Gasteiger partial charge in [0.05, 0.1) is 6.42 Å². The molecule has 0 radical (unpaired) electrons. The molecule has 164 valence electrons. The zero-order chi connectivity index (χ0) is 22.1. The van der Waals surface area contributed by atoms with Crippen LogP contribution in [0.3, 0.4) is 0 Å². The first-order valence-electron chi connectivity index (χ1n) is 11.3. The SMILES string of the molecule is Cc1ccc2c(c1)CCc1ccc[n+]([O-])c1C2N1CCN(C(=O)Cc2cccnc2)CC1. The van der Waals surface area contributed by atoms with Gasteiger partial charge in [-0.3, -0.25) is 14.7 Å². The number of amides is 1. The molecule has 3 aromatic rings. The number of benzene rings is 1. The van der Waals surface area contributed by atoms with Gasteiger partial charge >= 0.3 is 0 Å². The molecule has 1 aliphatic heterocycles. The minimum absolute atomic E-state index is 0.0858. The van der Waals surface area contributed by atoms with E-state index in [1.807, 2.05) is 23.1 Å². The van der Waals surface area contributed by atoms with Crippen LogP contribution in [0.25, 0.3) is 0 Å². The molecule has 6 heteroatoms. The summed E-state index contributed by atoms with van der Waals surface area (Å²) in [5.41, 5.74) is 6.69. The smallest absolute Gasteiger partial charge is 0.227 e. The van der Waals surface area contributed by atoms with E-state index in [0.29, 0.717) is 19.5 Å². The largest absolute Gasteiger partial charge is 0.618 e. The van der Waals surface area contributed by atoms with Gasteiger partial charge < -0.3 is 10.1 Å². The molecular formula is C26H28N4O2. The number of hydrogen-bond acceptors (Lipinski definition) is 4. The van der Waals surface area contributed by atoms with E-state index in [1.165, 1.54) is 16.7 Å². The van der Waals surface area contributed by atoms with E-state index in [1.54, 1.807) is 18.6 Å². The van der Waals surface area contributed by atoms with Crippen molar-refractivity contribution >= 4 is 5.91 Å². The lowest BCUT2D eigenvalue weighted by Gasteiger charge is -2.39. The molecule has 1 aliphatic carbocycles. The first kappa shape index (κ1) is 20.6. The van der Waals surface area contributed by atoms with E-state index in [-0.39, 0.29) is 11.9 Å². The van der Waals surface area contributed by atoms with Crippen LogP contribution < -0.4 is 4.73 Å². The third-order valence-electron chi connectivity index (χ3n) is 6.71. The van der Waals surface area contributed by atoms with Crippen molar-refractivity contribution in [1.82, 2.24) is 14.8 Å². The predicted molar refractivity (Wildman–Crippen MR) is 122 cm³/mol. The summed E-state index contributed by atoms with van der Waals surface area (Å²) in [6, 6.07) is 14.2. The number of carbonyl (C=O) groups excluding carboxylic acids is 1. The molecule has 1 fully saturated rings. The van der Waals surface area contributed by atoms with E-state index in [2.05, 4.69) is 41.1 Å². The molecule has 0 saturated carbocycles. The van der Waals surface area contributed by atoms with Crippen LogP contribution in [0.15, 0.2) is 61.1 Å². The Balaban J connectivity index is 1.40. The van der Waals surface area contributed by atoms with Crippen LogP contribution in [-0.2, 0) is 24.1 Å². The van der Waals surface area contributed by atoms with Gasteiger partial charge in [0.1, 0.15) is 6.04 Å². The summed E-state index contributed by atoms with van der Waals surface area (Å²) in [5, 5.41) is 12.9. The molecule has 6 nitrogen and oxygen atoms in total. The molecule has 2 aliphatic rings. The summed E-state index contributed by atoms with van der Waals surface area (Å²) in [6.07, 6.45) is 7.27. The van der Waals surface area contributed by atoms with Gasteiger partial charge in [-0.25, -0.2) is 0 Å². The quantitative estimate of drug-likeness (QED) is 0.475. The lowest BCUT2D eigenvalue weighted by molar-refractivity contribution is -0.617. The number of aryl methyl sites for hydroxylation is 3. The van der Waals surface area contributed by atoms with Gasteiger partial charge in [-0.15, -0.1) is 0 Å². The van der Waals surface area contributed by atoms with E-state index in [0.717, 1.165) is 47.5 Å². The summed E-state index contributed by atoms with van der Waals surface area (Å²) in [5.74, 6) is 0.133. The molecule has 1 saturated heterocycles. The summed E-state index contributed by atoms with van der Waals surface area (Å²) >= 11 is 0. The van der Waals surface area contributed by atoms with Crippen molar-refractivity contribution < 1.29 is 9.52 Å². The molecular weight excluding hydrogens is 400 g/mol. The maximum absolute atomic E-state index is 12.9. The number of pyridine rings is 2. The van der Waals surface area contributed by atoms with E-state index in [9.17, 15) is 10.0 Å². The van der Waals surface area contributed by atoms with Crippen molar-refractivity contribution in [2.45, 2.75) is 32.2 Å². The second-order valence-electron chi connectivity index (χ2n) is 8.80. The van der Waals surface area contributed by atoms with E-state index in [4.69, 9.17) is 0 Å². The molecule has 1 amide bonds. The highest BCUT2D eigenvalue weighted by Gasteiger charge is 2.36. The van der Waals surface area contributed by atoms with Crippen LogP contribution in [0, 0.1) is 12.1 Å². The Hall–Kier alpha value is -3.25. The maximum atomic E-state index is 12.9. The zero-order valence-electron chi connectivity index (χ0n) is 18.4. The van der Waals surface area contributed by atoms with Crippen molar-refractivity contribution in [2.24, 2.45) is 0 Å². The molecule has 0 spiro atoms.